The average molecular weight is 107 g/mol. The fourth-order valence-electron chi connectivity index (χ4n) is 0.123. The summed E-state index contributed by atoms with van der Waals surface area (Å²) in [6, 6.07) is 0. The van der Waals surface area contributed by atoms with E-state index in [4.69, 9.17) is 0 Å². The van der Waals surface area contributed by atoms with Crippen LogP contribution in [0.15, 0.2) is 5.16 Å². The van der Waals surface area contributed by atoms with Crippen LogP contribution in [0, 0.1) is 0 Å². The highest BCUT2D eigenvalue weighted by molar-refractivity contribution is 7.75. The van der Waals surface area contributed by atoms with Gasteiger partial charge >= 0.3 is 11.4 Å². The van der Waals surface area contributed by atoms with Crippen molar-refractivity contribution < 1.29 is 12.7 Å². The van der Waals surface area contributed by atoms with Crippen LogP contribution in [0.5, 0.6) is 0 Å². The van der Waals surface area contributed by atoms with Gasteiger partial charge in [0.1, 0.15) is 0 Å². The lowest BCUT2D eigenvalue weighted by Gasteiger charge is -1.76. The van der Waals surface area contributed by atoms with Gasteiger partial charge in [-0.3, -0.25) is 4.28 Å². The first-order valence-electron chi connectivity index (χ1n) is 1.18. The first kappa shape index (κ1) is 3.60. The monoisotopic (exact) mass is 107 g/mol. The van der Waals surface area contributed by atoms with Crippen LogP contribution < -0.4 is 0 Å². The van der Waals surface area contributed by atoms with Crippen molar-refractivity contribution in [1.29, 1.82) is 0 Å². The Bertz CT molecular complexity index is 89.0. The zero-order valence-corrected chi connectivity index (χ0v) is 3.47. The highest BCUT2D eigenvalue weighted by Gasteiger charge is 2.02. The van der Waals surface area contributed by atoms with Gasteiger partial charge in [-0.05, 0) is 5.16 Å². The van der Waals surface area contributed by atoms with Crippen LogP contribution in [0.4, 0.5) is 0 Å². The minimum absolute atomic E-state index is 0.982. The molecule has 6 heavy (non-hydrogen) atoms. The van der Waals surface area contributed by atoms with Crippen LogP contribution >= 0.6 is 0 Å². The molecule has 0 amide bonds. The molecule has 0 radical (unpaired) electrons. The molecule has 0 aromatic carbocycles. The molecule has 0 saturated heterocycles. The minimum Gasteiger partial charge on any atom is -0.354 e. The Balaban J connectivity index is 2.52. The molecule has 1 aliphatic rings. The Morgan fingerprint density at radius 1 is 1.83 bits per heavy atom. The van der Waals surface area contributed by atoms with Crippen LogP contribution in [0.1, 0.15) is 0 Å². The number of hydrogen-bond acceptors (Lipinski definition) is 4. The van der Waals surface area contributed by atoms with E-state index in [0.29, 0.717) is 0 Å². The molecule has 1 unspecified atom stereocenters. The summed E-state index contributed by atoms with van der Waals surface area (Å²) in [5.74, 6) is 0. The standard InChI is InChI=1S/CHNO3S/c3-6-4-1-2-5-6/h1H. The van der Waals surface area contributed by atoms with Crippen molar-refractivity contribution in [3.63, 3.8) is 0 Å². The maximum absolute atomic E-state index is 9.78. The Hall–Kier alpha value is -0.580. The summed E-state index contributed by atoms with van der Waals surface area (Å²) in [5.41, 5.74) is 0. The van der Waals surface area contributed by atoms with E-state index in [1.165, 1.54) is 0 Å². The van der Waals surface area contributed by atoms with Crippen LogP contribution in [0.3, 0.4) is 0 Å². The lowest BCUT2D eigenvalue weighted by Crippen LogP contribution is -1.83. The average Bonchev–Trinajstić information content (AvgIpc) is 1.86. The largest absolute Gasteiger partial charge is 0.440 e. The molecule has 34 valence electrons. The smallest absolute Gasteiger partial charge is 0.354 e. The van der Waals surface area contributed by atoms with E-state index in [1.54, 1.807) is 0 Å². The van der Waals surface area contributed by atoms with E-state index in [1.807, 2.05) is 0 Å². The topological polar surface area (TPSA) is 47.9 Å². The lowest BCUT2D eigenvalue weighted by atomic mass is 11.6. The van der Waals surface area contributed by atoms with Crippen LogP contribution in [-0.2, 0) is 19.8 Å². The first-order valence-corrected chi connectivity index (χ1v) is 2.18. The molecule has 0 spiro atoms. The molecule has 5 heteroatoms. The Morgan fingerprint density at radius 3 is 2.83 bits per heavy atom. The summed E-state index contributed by atoms with van der Waals surface area (Å²) in [5, 5.41) is 3.02. The van der Waals surface area contributed by atoms with Gasteiger partial charge in [0.05, 0.1) is 0 Å². The van der Waals surface area contributed by atoms with Gasteiger partial charge < -0.3 is 4.18 Å². The zero-order valence-electron chi connectivity index (χ0n) is 2.66. The fourth-order valence-corrected chi connectivity index (χ4v) is 0.369. The molecule has 1 heterocycles. The van der Waals surface area contributed by atoms with Gasteiger partial charge in [0.25, 0.3) is 0 Å². The van der Waals surface area contributed by atoms with Crippen molar-refractivity contribution in [3.8, 4) is 0 Å². The molecule has 0 bridgehead atoms. The van der Waals surface area contributed by atoms with Crippen molar-refractivity contribution in [2.45, 2.75) is 0 Å². The third kappa shape index (κ3) is 0.486. The van der Waals surface area contributed by atoms with Crippen molar-refractivity contribution in [2.24, 2.45) is 5.16 Å². The van der Waals surface area contributed by atoms with Crippen LogP contribution in [-0.4, -0.2) is 10.6 Å². The molecule has 0 fully saturated rings. The molecular formula is CHNO3S. The maximum atomic E-state index is 9.78. The lowest BCUT2D eigenvalue weighted by molar-refractivity contribution is 0.371. The van der Waals surface area contributed by atoms with E-state index in [9.17, 15) is 4.21 Å². The Labute approximate surface area is 36.6 Å². The summed E-state index contributed by atoms with van der Waals surface area (Å²) in [6.07, 6.45) is 0.982. The van der Waals surface area contributed by atoms with Gasteiger partial charge in [-0.15, -0.1) is 0 Å². The van der Waals surface area contributed by atoms with Gasteiger partial charge in [-0.25, -0.2) is 0 Å². The van der Waals surface area contributed by atoms with Crippen LogP contribution in [0.25, 0.3) is 0 Å². The predicted molar refractivity (Wildman–Crippen MR) is 18.8 cm³/mol. The molecular weight excluding hydrogens is 106 g/mol. The molecule has 4 nitrogen and oxygen atoms in total. The normalized spacial score (nSPS) is 29.0. The Kier molecular flexibility index (Phi) is 0.754. The highest BCUT2D eigenvalue weighted by Crippen LogP contribution is 1.92. The molecule has 0 aromatic rings. The van der Waals surface area contributed by atoms with Gasteiger partial charge in [-0.2, -0.15) is 4.21 Å². The molecule has 0 aliphatic carbocycles. The minimum atomic E-state index is -1.65. The van der Waals surface area contributed by atoms with E-state index in [0.717, 1.165) is 6.40 Å². The summed E-state index contributed by atoms with van der Waals surface area (Å²) >= 11 is -1.65. The number of hydrogen-bond donors (Lipinski definition) is 0. The van der Waals surface area contributed by atoms with E-state index < -0.39 is 11.4 Å². The maximum Gasteiger partial charge on any atom is 0.440 e. The van der Waals surface area contributed by atoms with E-state index in [-0.39, 0.29) is 0 Å². The van der Waals surface area contributed by atoms with Crippen molar-refractivity contribution in [1.82, 2.24) is 0 Å². The van der Waals surface area contributed by atoms with Crippen molar-refractivity contribution >= 4 is 17.8 Å². The highest BCUT2D eigenvalue weighted by atomic mass is 32.2. The molecule has 1 rings (SSSR count). The molecule has 1 atom stereocenters. The molecule has 1 aliphatic heterocycles. The second kappa shape index (κ2) is 1.25. The second-order valence-corrected chi connectivity index (χ2v) is 1.34. The quantitative estimate of drug-likeness (QED) is 0.421. The molecule has 0 N–H and O–H groups in total. The van der Waals surface area contributed by atoms with Gasteiger partial charge in [0.2, 0.25) is 6.40 Å². The van der Waals surface area contributed by atoms with Crippen molar-refractivity contribution in [2.75, 3.05) is 0 Å². The zero-order chi connectivity index (χ0) is 4.41. The van der Waals surface area contributed by atoms with Gasteiger partial charge in [0.15, 0.2) is 0 Å². The number of nitrogens with zero attached hydrogens (tertiary/aromatic N) is 1. The van der Waals surface area contributed by atoms with E-state index >= 15 is 0 Å². The SMILES string of the molecule is O=S1OC=NO1. The third-order valence-corrected chi connectivity index (χ3v) is 0.720. The summed E-state index contributed by atoms with van der Waals surface area (Å²) in [4.78, 5) is 0. The van der Waals surface area contributed by atoms with Crippen molar-refractivity contribution in [3.05, 3.63) is 0 Å². The molecule has 0 saturated carbocycles. The third-order valence-electron chi connectivity index (χ3n) is 0.269. The first-order chi connectivity index (χ1) is 2.89. The summed E-state index contributed by atoms with van der Waals surface area (Å²) < 4.78 is 17.9. The fraction of sp³-hybridized carbons (Fsp3) is 0. The van der Waals surface area contributed by atoms with Crippen LogP contribution in [0.2, 0.25) is 0 Å². The van der Waals surface area contributed by atoms with Gasteiger partial charge in [-0.1, -0.05) is 0 Å². The Morgan fingerprint density at radius 2 is 2.67 bits per heavy atom. The summed E-state index contributed by atoms with van der Waals surface area (Å²) in [7, 11) is 0. The number of oxime groups is 1. The summed E-state index contributed by atoms with van der Waals surface area (Å²) in [6.45, 7) is 0. The van der Waals surface area contributed by atoms with Gasteiger partial charge in [0, 0.05) is 0 Å². The molecule has 0 aromatic heterocycles. The second-order valence-electron chi connectivity index (χ2n) is 0.586. The predicted octanol–water partition coefficient (Wildman–Crippen LogP) is -0.445. The van der Waals surface area contributed by atoms with E-state index in [2.05, 4.69) is 13.6 Å². The number of rotatable bonds is 0.